The standard InChI is InChI=1S/C27H26N6O4S/c1-32(25(35)16-37-2)19-8-9-21-20(12-19)30-27(33(21)15-22(34)17-6-4-3-5-7-17)31-26(36)24-11-10-23(38-24)18-13-28-29-14-18/h3-14,22,34H,15-16H2,1-2H3,(H,28,29)(H,30,31,36)/t22-/m0/s1. The summed E-state index contributed by atoms with van der Waals surface area (Å²) in [7, 11) is 3.13. The number of fused-ring (bicyclic) bond motifs is 1. The molecule has 194 valence electrons. The van der Waals surface area contributed by atoms with Crippen molar-refractivity contribution in [3.05, 3.63) is 83.5 Å². The molecule has 3 aromatic heterocycles. The number of methoxy groups -OCH3 is 1. The molecule has 3 N–H and O–H groups in total. The van der Waals surface area contributed by atoms with Crippen molar-refractivity contribution < 1.29 is 19.4 Å². The monoisotopic (exact) mass is 530 g/mol. The average Bonchev–Trinajstić information content (AvgIpc) is 3.69. The number of nitrogens with one attached hydrogen (secondary N) is 2. The van der Waals surface area contributed by atoms with E-state index in [2.05, 4.69) is 20.5 Å². The van der Waals surface area contributed by atoms with Crippen LogP contribution in [-0.4, -0.2) is 57.4 Å². The van der Waals surface area contributed by atoms with Gasteiger partial charge in [-0.3, -0.25) is 20.0 Å². The third-order valence-electron chi connectivity index (χ3n) is 6.14. The number of imidazole rings is 1. The molecule has 2 aromatic carbocycles. The molecule has 0 bridgehead atoms. The Labute approximate surface area is 222 Å². The van der Waals surface area contributed by atoms with E-state index in [1.807, 2.05) is 42.5 Å². The normalized spacial score (nSPS) is 12.0. The highest BCUT2D eigenvalue weighted by Gasteiger charge is 2.20. The van der Waals surface area contributed by atoms with Gasteiger partial charge in [0, 0.05) is 36.5 Å². The number of aromatic amines is 1. The minimum absolute atomic E-state index is 0.0465. The molecule has 2 amide bonds. The Morgan fingerprint density at radius 1 is 1.18 bits per heavy atom. The number of rotatable bonds is 9. The van der Waals surface area contributed by atoms with Crippen molar-refractivity contribution in [1.29, 1.82) is 0 Å². The highest BCUT2D eigenvalue weighted by atomic mass is 32.1. The predicted molar refractivity (Wildman–Crippen MR) is 146 cm³/mol. The second-order valence-corrected chi connectivity index (χ2v) is 9.72. The second kappa shape index (κ2) is 11.0. The van der Waals surface area contributed by atoms with Crippen molar-refractivity contribution >= 4 is 45.8 Å². The summed E-state index contributed by atoms with van der Waals surface area (Å²) < 4.78 is 6.74. The minimum atomic E-state index is -0.829. The van der Waals surface area contributed by atoms with Gasteiger partial charge < -0.3 is 19.3 Å². The number of aliphatic hydroxyl groups is 1. The van der Waals surface area contributed by atoms with Crippen LogP contribution in [0, 0.1) is 0 Å². The summed E-state index contributed by atoms with van der Waals surface area (Å²) in [5, 5.41) is 20.6. The maximum absolute atomic E-state index is 13.2. The Morgan fingerprint density at radius 2 is 2.00 bits per heavy atom. The summed E-state index contributed by atoms with van der Waals surface area (Å²) in [6, 6.07) is 18.3. The molecule has 3 heterocycles. The van der Waals surface area contributed by atoms with Gasteiger partial charge in [-0.15, -0.1) is 11.3 Å². The number of carbonyl (C=O) groups excluding carboxylic acids is 2. The van der Waals surface area contributed by atoms with Crippen molar-refractivity contribution in [2.75, 3.05) is 31.0 Å². The van der Waals surface area contributed by atoms with E-state index in [4.69, 9.17) is 4.74 Å². The molecule has 0 spiro atoms. The van der Waals surface area contributed by atoms with E-state index in [1.54, 1.807) is 42.2 Å². The molecular weight excluding hydrogens is 504 g/mol. The molecule has 0 fully saturated rings. The summed E-state index contributed by atoms with van der Waals surface area (Å²) in [5.41, 5.74) is 3.55. The van der Waals surface area contributed by atoms with Crippen LogP contribution in [0.4, 0.5) is 11.6 Å². The van der Waals surface area contributed by atoms with E-state index < -0.39 is 6.10 Å². The first-order chi connectivity index (χ1) is 18.4. The number of ether oxygens (including phenoxy) is 1. The first kappa shape index (κ1) is 25.3. The maximum Gasteiger partial charge on any atom is 0.268 e. The largest absolute Gasteiger partial charge is 0.387 e. The number of thiophene rings is 1. The number of hydrogen-bond donors (Lipinski definition) is 3. The number of aromatic nitrogens is 4. The maximum atomic E-state index is 13.2. The predicted octanol–water partition coefficient (Wildman–Crippen LogP) is 4.08. The molecule has 0 aliphatic heterocycles. The lowest BCUT2D eigenvalue weighted by Crippen LogP contribution is -2.29. The lowest BCUT2D eigenvalue weighted by atomic mass is 10.1. The molecular formula is C27H26N6O4S. The first-order valence-electron chi connectivity index (χ1n) is 11.8. The summed E-state index contributed by atoms with van der Waals surface area (Å²) in [6.45, 7) is 0.119. The van der Waals surface area contributed by atoms with Crippen LogP contribution in [0.25, 0.3) is 21.5 Å². The van der Waals surface area contributed by atoms with Crippen LogP contribution in [0.2, 0.25) is 0 Å². The summed E-state index contributed by atoms with van der Waals surface area (Å²) >= 11 is 1.34. The van der Waals surface area contributed by atoms with E-state index in [-0.39, 0.29) is 25.0 Å². The van der Waals surface area contributed by atoms with E-state index in [1.165, 1.54) is 23.3 Å². The third kappa shape index (κ3) is 5.21. The van der Waals surface area contributed by atoms with Crippen LogP contribution < -0.4 is 10.2 Å². The molecule has 10 nitrogen and oxygen atoms in total. The Bertz CT molecular complexity index is 1560. The number of likely N-dealkylation sites (N-methyl/N-ethyl adjacent to an activating group) is 1. The fourth-order valence-electron chi connectivity index (χ4n) is 4.09. The van der Waals surface area contributed by atoms with Crippen molar-refractivity contribution in [1.82, 2.24) is 19.7 Å². The van der Waals surface area contributed by atoms with Crippen molar-refractivity contribution in [2.45, 2.75) is 12.6 Å². The van der Waals surface area contributed by atoms with Gasteiger partial charge in [0.25, 0.3) is 11.8 Å². The zero-order valence-corrected chi connectivity index (χ0v) is 21.6. The molecule has 5 aromatic rings. The van der Waals surface area contributed by atoms with E-state index in [0.29, 0.717) is 27.5 Å². The van der Waals surface area contributed by atoms with Gasteiger partial charge in [-0.05, 0) is 35.9 Å². The van der Waals surface area contributed by atoms with Crippen LogP contribution in [0.5, 0.6) is 0 Å². The van der Waals surface area contributed by atoms with Gasteiger partial charge in [-0.25, -0.2) is 4.98 Å². The molecule has 11 heteroatoms. The number of H-pyrrole nitrogens is 1. The topological polar surface area (TPSA) is 125 Å². The first-order valence-corrected chi connectivity index (χ1v) is 12.7. The highest BCUT2D eigenvalue weighted by Crippen LogP contribution is 2.30. The zero-order chi connectivity index (χ0) is 26.6. The number of hydrogen-bond acceptors (Lipinski definition) is 7. The molecule has 0 unspecified atom stereocenters. The molecule has 0 radical (unpaired) electrons. The molecule has 1 atom stereocenters. The van der Waals surface area contributed by atoms with Gasteiger partial charge in [-0.2, -0.15) is 5.10 Å². The summed E-state index contributed by atoms with van der Waals surface area (Å²) in [5.74, 6) is -0.227. The molecule has 0 aliphatic rings. The smallest absolute Gasteiger partial charge is 0.268 e. The van der Waals surface area contributed by atoms with E-state index >= 15 is 0 Å². The number of benzene rings is 2. The molecule has 0 saturated heterocycles. The molecule has 0 saturated carbocycles. The lowest BCUT2D eigenvalue weighted by molar-refractivity contribution is -0.121. The third-order valence-corrected chi connectivity index (χ3v) is 7.27. The van der Waals surface area contributed by atoms with Crippen LogP contribution in [0.1, 0.15) is 21.3 Å². The zero-order valence-electron chi connectivity index (χ0n) is 20.8. The van der Waals surface area contributed by atoms with Gasteiger partial charge in [0.2, 0.25) is 5.95 Å². The Hall–Kier alpha value is -4.32. The van der Waals surface area contributed by atoms with Gasteiger partial charge in [-0.1, -0.05) is 30.3 Å². The molecule has 0 aliphatic carbocycles. The Balaban J connectivity index is 1.48. The van der Waals surface area contributed by atoms with Crippen LogP contribution in [0.15, 0.2) is 73.1 Å². The average molecular weight is 531 g/mol. The van der Waals surface area contributed by atoms with E-state index in [9.17, 15) is 14.7 Å². The van der Waals surface area contributed by atoms with Crippen LogP contribution in [-0.2, 0) is 16.1 Å². The minimum Gasteiger partial charge on any atom is -0.387 e. The number of amides is 2. The molecule has 38 heavy (non-hydrogen) atoms. The Kier molecular flexibility index (Phi) is 7.31. The van der Waals surface area contributed by atoms with Gasteiger partial charge in [0.15, 0.2) is 0 Å². The van der Waals surface area contributed by atoms with E-state index in [0.717, 1.165) is 16.0 Å². The number of nitrogens with zero attached hydrogens (tertiary/aromatic N) is 4. The highest BCUT2D eigenvalue weighted by molar-refractivity contribution is 7.17. The summed E-state index contributed by atoms with van der Waals surface area (Å²) in [4.78, 5) is 33.1. The van der Waals surface area contributed by atoms with Crippen LogP contribution in [0.3, 0.4) is 0 Å². The SMILES string of the molecule is COCC(=O)N(C)c1ccc2c(c1)nc(NC(=O)c1ccc(-c3cn[nH]c3)s1)n2C[C@H](O)c1ccccc1. The number of aliphatic hydroxyl groups excluding tert-OH is 1. The number of carbonyl (C=O) groups is 2. The summed E-state index contributed by atoms with van der Waals surface area (Å²) in [6.07, 6.45) is 2.64. The van der Waals surface area contributed by atoms with Crippen molar-refractivity contribution in [3.63, 3.8) is 0 Å². The van der Waals surface area contributed by atoms with Gasteiger partial charge in [0.1, 0.15) is 6.61 Å². The van der Waals surface area contributed by atoms with Crippen molar-refractivity contribution in [3.8, 4) is 10.4 Å². The van der Waals surface area contributed by atoms with Crippen molar-refractivity contribution in [2.24, 2.45) is 0 Å². The Morgan fingerprint density at radius 3 is 2.74 bits per heavy atom. The fraction of sp³-hybridized carbons (Fsp3) is 0.185. The molecule has 5 rings (SSSR count). The van der Waals surface area contributed by atoms with Gasteiger partial charge in [0.05, 0.1) is 34.8 Å². The van der Waals surface area contributed by atoms with Crippen LogP contribution >= 0.6 is 11.3 Å². The second-order valence-electron chi connectivity index (χ2n) is 8.64. The fourth-order valence-corrected chi connectivity index (χ4v) is 4.97. The van der Waals surface area contributed by atoms with Gasteiger partial charge >= 0.3 is 0 Å². The quantitative estimate of drug-likeness (QED) is 0.264. The number of anilines is 2. The lowest BCUT2D eigenvalue weighted by Gasteiger charge is -2.17.